The largest absolute Gasteiger partial charge is 0.418 e. The minimum Gasteiger partial charge on any atom is -0.379 e. The second-order valence-electron chi connectivity index (χ2n) is 2.50. The minimum atomic E-state index is -4.71. The van der Waals surface area contributed by atoms with Gasteiger partial charge in [0.2, 0.25) is 0 Å². The van der Waals surface area contributed by atoms with E-state index in [2.05, 4.69) is 0 Å². The van der Waals surface area contributed by atoms with Crippen LogP contribution in [0.15, 0.2) is 24.3 Å². The van der Waals surface area contributed by atoms with E-state index >= 15 is 0 Å². The Kier molecular flexibility index (Phi) is 2.56. The lowest BCUT2D eigenvalue weighted by Gasteiger charge is -2.14. The molecule has 1 unspecified atom stereocenters. The molecule has 13 heavy (non-hydrogen) atoms. The van der Waals surface area contributed by atoms with E-state index in [4.69, 9.17) is 5.11 Å². The molecular weight excluding hydrogens is 187 g/mol. The average molecular weight is 193 g/mol. The van der Waals surface area contributed by atoms with Crippen LogP contribution in [-0.4, -0.2) is 11.3 Å². The van der Waals surface area contributed by atoms with Gasteiger partial charge in [-0.25, -0.2) is 4.39 Å². The third-order valence-corrected chi connectivity index (χ3v) is 1.50. The van der Waals surface area contributed by atoms with Gasteiger partial charge in [0.05, 0.1) is 0 Å². The Labute approximate surface area is 71.6 Å². The summed E-state index contributed by atoms with van der Waals surface area (Å²) in [6, 6.07) is 3.52. The zero-order valence-electron chi connectivity index (χ0n) is 6.35. The van der Waals surface area contributed by atoms with Crippen molar-refractivity contribution in [2.24, 2.45) is 0 Å². The molecule has 0 saturated heterocycles. The number of hydrogen-bond donors (Lipinski definition) is 1. The zero-order valence-corrected chi connectivity index (χ0v) is 6.35. The van der Waals surface area contributed by atoms with Gasteiger partial charge in [-0.3, -0.25) is 0 Å². The minimum absolute atomic E-state index is 0.367. The summed E-state index contributed by atoms with van der Waals surface area (Å²) in [5.41, 5.74) is -0.367. The van der Waals surface area contributed by atoms with Crippen LogP contribution in [0, 0.1) is 5.82 Å². The van der Waals surface area contributed by atoms with Gasteiger partial charge in [0.15, 0.2) is 6.10 Å². The van der Waals surface area contributed by atoms with E-state index in [1.807, 2.05) is 0 Å². The first-order valence-corrected chi connectivity index (χ1v) is 3.41. The van der Waals surface area contributed by atoms with Crippen molar-refractivity contribution in [2.75, 3.05) is 0 Å². The normalized spacial score (nSPS) is 14.2. The molecule has 72 valence electrons. The van der Waals surface area contributed by atoms with Crippen molar-refractivity contribution < 1.29 is 22.7 Å². The topological polar surface area (TPSA) is 20.2 Å². The van der Waals surface area contributed by atoms with E-state index in [9.17, 15) is 17.6 Å². The first-order valence-electron chi connectivity index (χ1n) is 3.41. The van der Waals surface area contributed by atoms with Crippen LogP contribution in [0.3, 0.4) is 0 Å². The molecule has 0 saturated carbocycles. The van der Waals surface area contributed by atoms with Crippen LogP contribution in [0.25, 0.3) is 0 Å². The summed E-state index contributed by atoms with van der Waals surface area (Å²) in [6.45, 7) is 0. The van der Waals surface area contributed by atoms with Gasteiger partial charge in [-0.05, 0) is 17.7 Å². The standard InChI is InChI=1S/C8H6F4O/c9-6-3-1-5(2-4-6)7(13)8(10,11)12/h1-4,7,13H/i10-1. The molecule has 0 fully saturated rings. The van der Waals surface area contributed by atoms with Gasteiger partial charge in [0.1, 0.15) is 5.82 Å². The molecule has 0 spiro atoms. The Morgan fingerprint density at radius 2 is 1.54 bits per heavy atom. The molecule has 0 bridgehead atoms. The summed E-state index contributed by atoms with van der Waals surface area (Å²) < 4.78 is 48.0. The molecule has 0 heterocycles. The molecular formula is C8H6F4O. The van der Waals surface area contributed by atoms with E-state index in [0.717, 1.165) is 24.3 Å². The van der Waals surface area contributed by atoms with Crippen molar-refractivity contribution in [3.05, 3.63) is 35.6 Å². The Morgan fingerprint density at radius 1 is 1.08 bits per heavy atom. The fourth-order valence-corrected chi connectivity index (χ4v) is 0.834. The summed E-state index contributed by atoms with van der Waals surface area (Å²) >= 11 is 0. The molecule has 0 amide bonds. The van der Waals surface area contributed by atoms with Gasteiger partial charge >= 0.3 is 6.18 Å². The predicted octanol–water partition coefficient (Wildman–Crippen LogP) is 2.42. The van der Waals surface area contributed by atoms with Crippen molar-refractivity contribution in [1.29, 1.82) is 0 Å². The summed E-state index contributed by atoms with van der Waals surface area (Å²) in [4.78, 5) is 0. The summed E-state index contributed by atoms with van der Waals surface area (Å²) in [6.07, 6.45) is -7.26. The SMILES string of the molecule is OC(c1ccc(F)cc1)C(F)(F)[18F]. The lowest BCUT2D eigenvalue weighted by Crippen LogP contribution is -2.20. The number of rotatable bonds is 1. The third-order valence-electron chi connectivity index (χ3n) is 1.50. The Bertz CT molecular complexity index is 277. The first-order chi connectivity index (χ1) is 5.91. The third kappa shape index (κ3) is 2.42. The molecule has 0 aromatic heterocycles. The monoisotopic (exact) mass is 193 g/mol. The van der Waals surface area contributed by atoms with Gasteiger partial charge in [0, 0.05) is 0 Å². The zero-order chi connectivity index (χ0) is 10.1. The van der Waals surface area contributed by atoms with Crippen molar-refractivity contribution in [2.45, 2.75) is 12.3 Å². The number of benzene rings is 1. The van der Waals surface area contributed by atoms with Crippen LogP contribution in [-0.2, 0) is 0 Å². The van der Waals surface area contributed by atoms with E-state index in [1.165, 1.54) is 0 Å². The number of halogens is 4. The van der Waals surface area contributed by atoms with Gasteiger partial charge in [-0.2, -0.15) is 13.2 Å². The van der Waals surface area contributed by atoms with Gasteiger partial charge in [-0.15, -0.1) is 0 Å². The molecule has 5 heteroatoms. The highest BCUT2D eigenvalue weighted by atomic mass is 19.3. The fraction of sp³-hybridized carbons (Fsp3) is 0.250. The Balaban J connectivity index is 2.90. The number of hydrogen-bond acceptors (Lipinski definition) is 1. The van der Waals surface area contributed by atoms with E-state index in [0.29, 0.717) is 0 Å². The van der Waals surface area contributed by atoms with Crippen molar-refractivity contribution in [3.63, 3.8) is 0 Å². The predicted molar refractivity (Wildman–Crippen MR) is 37.4 cm³/mol. The second kappa shape index (κ2) is 3.33. The van der Waals surface area contributed by atoms with Crippen LogP contribution in [0.4, 0.5) is 17.6 Å². The lowest BCUT2D eigenvalue weighted by molar-refractivity contribution is -0.206. The molecule has 1 aromatic rings. The van der Waals surface area contributed by atoms with Crippen LogP contribution in [0.5, 0.6) is 0 Å². The first kappa shape index (κ1) is 9.98. The van der Waals surface area contributed by atoms with Crippen molar-refractivity contribution >= 4 is 0 Å². The molecule has 1 atom stereocenters. The quantitative estimate of drug-likeness (QED) is 0.679. The highest BCUT2D eigenvalue weighted by Crippen LogP contribution is 2.32. The second-order valence-corrected chi connectivity index (χ2v) is 2.50. The van der Waals surface area contributed by atoms with Crippen molar-refractivity contribution in [1.82, 2.24) is 0 Å². The van der Waals surface area contributed by atoms with Crippen LogP contribution < -0.4 is 0 Å². The van der Waals surface area contributed by atoms with Crippen LogP contribution in [0.1, 0.15) is 11.7 Å². The fourth-order valence-electron chi connectivity index (χ4n) is 0.834. The average Bonchev–Trinajstić information content (AvgIpc) is 2.03. The van der Waals surface area contributed by atoms with Crippen LogP contribution >= 0.6 is 0 Å². The number of aliphatic hydroxyl groups excluding tert-OH is 1. The molecule has 0 radical (unpaired) electrons. The molecule has 1 aromatic carbocycles. The van der Waals surface area contributed by atoms with E-state index in [-0.39, 0.29) is 5.56 Å². The van der Waals surface area contributed by atoms with Gasteiger partial charge in [-0.1, -0.05) is 12.1 Å². The Hall–Kier alpha value is -1.10. The molecule has 1 rings (SSSR count). The Morgan fingerprint density at radius 3 is 1.92 bits per heavy atom. The lowest BCUT2D eigenvalue weighted by atomic mass is 10.1. The maximum atomic E-state index is 12.3. The maximum absolute atomic E-state index is 12.3. The number of aliphatic hydroxyl groups is 1. The summed E-state index contributed by atoms with van der Waals surface area (Å²) in [7, 11) is 0. The molecule has 0 aliphatic carbocycles. The molecule has 1 N–H and O–H groups in total. The van der Waals surface area contributed by atoms with Crippen molar-refractivity contribution in [3.8, 4) is 0 Å². The highest BCUT2D eigenvalue weighted by Gasteiger charge is 2.39. The van der Waals surface area contributed by atoms with E-state index in [1.54, 1.807) is 0 Å². The molecule has 1 nitrogen and oxygen atoms in total. The molecule has 0 aliphatic rings. The highest BCUT2D eigenvalue weighted by molar-refractivity contribution is 5.19. The van der Waals surface area contributed by atoms with Crippen LogP contribution in [0.2, 0.25) is 0 Å². The summed E-state index contributed by atoms with van der Waals surface area (Å²) in [5, 5.41) is 8.70. The summed E-state index contributed by atoms with van der Waals surface area (Å²) in [5.74, 6) is -0.641. The van der Waals surface area contributed by atoms with Gasteiger partial charge < -0.3 is 5.11 Å². The van der Waals surface area contributed by atoms with Gasteiger partial charge in [0.25, 0.3) is 0 Å². The smallest absolute Gasteiger partial charge is 0.379 e. The maximum Gasteiger partial charge on any atom is 0.418 e. The van der Waals surface area contributed by atoms with E-state index < -0.39 is 18.1 Å². The molecule has 0 aliphatic heterocycles. The number of alkyl halides is 3.